The second-order valence-corrected chi connectivity index (χ2v) is 4.10. The van der Waals surface area contributed by atoms with E-state index < -0.39 is 21.2 Å². The van der Waals surface area contributed by atoms with Gasteiger partial charge in [0, 0.05) is 0 Å². The molecule has 0 radical (unpaired) electrons. The van der Waals surface area contributed by atoms with Crippen molar-refractivity contribution in [3.05, 3.63) is 0 Å². The molecular formula is C6H11IN2O2. The van der Waals surface area contributed by atoms with E-state index in [9.17, 15) is 9.59 Å². The number of halogens is 1. The highest BCUT2D eigenvalue weighted by atomic mass is 127. The molecule has 1 atom stereocenters. The molecule has 0 aliphatic rings. The van der Waals surface area contributed by atoms with Crippen LogP contribution < -0.4 is 11.5 Å². The molecule has 4 N–H and O–H groups in total. The van der Waals surface area contributed by atoms with Crippen LogP contribution in [0.15, 0.2) is 0 Å². The molecule has 64 valence electrons. The normalized spacial score (nSPS) is 14.1. The van der Waals surface area contributed by atoms with Crippen LogP contribution in [0.2, 0.25) is 0 Å². The average Bonchev–Trinajstić information content (AvgIpc) is 1.85. The van der Waals surface area contributed by atoms with Crippen molar-refractivity contribution in [1.29, 1.82) is 0 Å². The van der Waals surface area contributed by atoms with E-state index in [-0.39, 0.29) is 0 Å². The molecule has 0 fully saturated rings. The van der Waals surface area contributed by atoms with Crippen LogP contribution in [0.25, 0.3) is 0 Å². The van der Waals surface area contributed by atoms with Gasteiger partial charge in [0.05, 0.1) is 5.41 Å². The van der Waals surface area contributed by atoms with Crippen LogP contribution in [0.3, 0.4) is 0 Å². The van der Waals surface area contributed by atoms with E-state index in [0.717, 1.165) is 0 Å². The smallest absolute Gasteiger partial charge is 0.231 e. The van der Waals surface area contributed by atoms with Crippen LogP contribution in [0.4, 0.5) is 0 Å². The van der Waals surface area contributed by atoms with Crippen LogP contribution in [0.1, 0.15) is 13.8 Å². The van der Waals surface area contributed by atoms with E-state index in [4.69, 9.17) is 11.5 Å². The summed E-state index contributed by atoms with van der Waals surface area (Å²) in [5.74, 6) is -1.04. The van der Waals surface area contributed by atoms with Crippen molar-refractivity contribution in [2.24, 2.45) is 16.9 Å². The van der Waals surface area contributed by atoms with Crippen LogP contribution in [0, 0.1) is 5.41 Å². The summed E-state index contributed by atoms with van der Waals surface area (Å²) < 4.78 is -0.558. The van der Waals surface area contributed by atoms with E-state index in [0.29, 0.717) is 0 Å². The lowest BCUT2D eigenvalue weighted by molar-refractivity contribution is -0.130. The van der Waals surface area contributed by atoms with E-state index in [2.05, 4.69) is 0 Å². The molecule has 0 aromatic heterocycles. The summed E-state index contributed by atoms with van der Waals surface area (Å²) in [6.07, 6.45) is 0. The van der Waals surface area contributed by atoms with Gasteiger partial charge in [0.15, 0.2) is 0 Å². The maximum absolute atomic E-state index is 10.8. The Labute approximate surface area is 78.8 Å². The van der Waals surface area contributed by atoms with Gasteiger partial charge in [-0.1, -0.05) is 22.6 Å². The Morgan fingerprint density at radius 2 is 1.73 bits per heavy atom. The monoisotopic (exact) mass is 270 g/mol. The SMILES string of the molecule is CC(C)(C(N)=O)C(I)C(N)=O. The number of alkyl halides is 1. The Morgan fingerprint density at radius 3 is 1.82 bits per heavy atom. The predicted molar refractivity (Wildman–Crippen MR) is 50.0 cm³/mol. The largest absolute Gasteiger partial charge is 0.369 e. The number of amides is 2. The van der Waals surface area contributed by atoms with E-state index in [1.165, 1.54) is 0 Å². The van der Waals surface area contributed by atoms with Crippen LogP contribution in [0.5, 0.6) is 0 Å². The van der Waals surface area contributed by atoms with E-state index in [1.54, 1.807) is 13.8 Å². The zero-order valence-corrected chi connectivity index (χ0v) is 8.58. The Kier molecular flexibility index (Phi) is 3.28. The van der Waals surface area contributed by atoms with Gasteiger partial charge >= 0.3 is 0 Å². The van der Waals surface area contributed by atoms with Crippen molar-refractivity contribution >= 4 is 34.4 Å². The molecule has 2 amide bonds. The quantitative estimate of drug-likeness (QED) is 0.549. The molecule has 0 aromatic rings. The van der Waals surface area contributed by atoms with E-state index in [1.807, 2.05) is 22.6 Å². The fourth-order valence-electron chi connectivity index (χ4n) is 0.481. The first-order valence-electron chi connectivity index (χ1n) is 3.03. The molecule has 4 nitrogen and oxygen atoms in total. The molecule has 0 aliphatic heterocycles. The van der Waals surface area contributed by atoms with Gasteiger partial charge in [-0.15, -0.1) is 0 Å². The van der Waals surface area contributed by atoms with Crippen molar-refractivity contribution in [1.82, 2.24) is 0 Å². The van der Waals surface area contributed by atoms with Crippen LogP contribution >= 0.6 is 22.6 Å². The number of hydrogen-bond acceptors (Lipinski definition) is 2. The van der Waals surface area contributed by atoms with Crippen LogP contribution in [-0.2, 0) is 9.59 Å². The summed E-state index contributed by atoms with van der Waals surface area (Å²) in [5.41, 5.74) is 9.19. The fraction of sp³-hybridized carbons (Fsp3) is 0.667. The van der Waals surface area contributed by atoms with Gasteiger partial charge in [-0.05, 0) is 13.8 Å². The lowest BCUT2D eigenvalue weighted by Crippen LogP contribution is -2.45. The number of rotatable bonds is 3. The third kappa shape index (κ3) is 2.32. The number of carbonyl (C=O) groups excluding carboxylic acids is 2. The van der Waals surface area contributed by atoms with Gasteiger partial charge in [-0.3, -0.25) is 9.59 Å². The second-order valence-electron chi connectivity index (χ2n) is 2.85. The van der Waals surface area contributed by atoms with E-state index >= 15 is 0 Å². The zero-order chi connectivity index (χ0) is 9.23. The lowest BCUT2D eigenvalue weighted by Gasteiger charge is -2.23. The van der Waals surface area contributed by atoms with Gasteiger partial charge in [0.1, 0.15) is 3.92 Å². The highest BCUT2D eigenvalue weighted by Crippen LogP contribution is 2.26. The molecular weight excluding hydrogens is 259 g/mol. The average molecular weight is 270 g/mol. The standard InChI is InChI=1S/C6H11IN2O2/c1-6(2,5(9)11)3(7)4(8)10/h3H,1-2H3,(H2,8,10)(H2,9,11). The van der Waals surface area contributed by atoms with Gasteiger partial charge in [-0.25, -0.2) is 0 Å². The number of nitrogens with two attached hydrogens (primary N) is 2. The molecule has 0 saturated carbocycles. The van der Waals surface area contributed by atoms with Gasteiger partial charge < -0.3 is 11.5 Å². The highest BCUT2D eigenvalue weighted by Gasteiger charge is 2.36. The van der Waals surface area contributed by atoms with Crippen molar-refractivity contribution < 1.29 is 9.59 Å². The molecule has 0 heterocycles. The summed E-state index contributed by atoms with van der Waals surface area (Å²) in [6, 6.07) is 0. The minimum absolute atomic E-state index is 0.518. The molecule has 0 bridgehead atoms. The summed E-state index contributed by atoms with van der Waals surface area (Å²) in [6.45, 7) is 3.19. The Morgan fingerprint density at radius 1 is 1.36 bits per heavy atom. The lowest BCUT2D eigenvalue weighted by atomic mass is 9.88. The zero-order valence-electron chi connectivity index (χ0n) is 6.43. The number of hydrogen-bond donors (Lipinski definition) is 2. The summed E-state index contributed by atoms with van der Waals surface area (Å²) in [7, 11) is 0. The third-order valence-electron chi connectivity index (χ3n) is 1.52. The summed E-state index contributed by atoms with van der Waals surface area (Å²) in [5, 5.41) is 0. The van der Waals surface area contributed by atoms with Crippen molar-refractivity contribution in [2.75, 3.05) is 0 Å². The molecule has 11 heavy (non-hydrogen) atoms. The fourth-order valence-corrected chi connectivity index (χ4v) is 0.787. The molecule has 5 heteroatoms. The van der Waals surface area contributed by atoms with Crippen molar-refractivity contribution in [3.63, 3.8) is 0 Å². The van der Waals surface area contributed by atoms with Crippen molar-refractivity contribution in [3.8, 4) is 0 Å². The first-order valence-corrected chi connectivity index (χ1v) is 4.28. The van der Waals surface area contributed by atoms with Gasteiger partial charge in [0.25, 0.3) is 0 Å². The molecule has 0 aromatic carbocycles. The first-order chi connectivity index (χ1) is 4.80. The molecule has 1 unspecified atom stereocenters. The van der Waals surface area contributed by atoms with Gasteiger partial charge in [-0.2, -0.15) is 0 Å². The Balaban J connectivity index is 4.55. The first kappa shape index (κ1) is 10.7. The summed E-state index contributed by atoms with van der Waals surface area (Å²) >= 11 is 1.81. The molecule has 0 spiro atoms. The minimum atomic E-state index is -0.869. The number of primary amides is 2. The predicted octanol–water partition coefficient (Wildman–Crippen LogP) is -0.213. The Hall–Kier alpha value is -0.330. The maximum Gasteiger partial charge on any atom is 0.231 e. The maximum atomic E-state index is 10.8. The number of carbonyl (C=O) groups is 2. The van der Waals surface area contributed by atoms with Crippen molar-refractivity contribution in [2.45, 2.75) is 17.8 Å². The van der Waals surface area contributed by atoms with Gasteiger partial charge in [0.2, 0.25) is 11.8 Å². The minimum Gasteiger partial charge on any atom is -0.369 e. The third-order valence-corrected chi connectivity index (χ3v) is 3.69. The van der Waals surface area contributed by atoms with Crippen LogP contribution in [-0.4, -0.2) is 15.7 Å². The highest BCUT2D eigenvalue weighted by molar-refractivity contribution is 14.1. The Bertz CT molecular complexity index is 191. The molecule has 0 saturated heterocycles. The molecule has 0 rings (SSSR count). The topological polar surface area (TPSA) is 86.2 Å². The molecule has 0 aliphatic carbocycles. The summed E-state index contributed by atoms with van der Waals surface area (Å²) in [4.78, 5) is 21.4. The second kappa shape index (κ2) is 3.38.